The Morgan fingerprint density at radius 1 is 1.11 bits per heavy atom. The molecule has 2 aliphatic rings. The fourth-order valence-corrected chi connectivity index (χ4v) is 5.21. The Morgan fingerprint density at radius 2 is 1.86 bits per heavy atom. The number of nitrogens with zero attached hydrogens (tertiary/aromatic N) is 2. The number of allylic oxidation sites excluding steroid dienone is 1. The smallest absolute Gasteiger partial charge is 0.294 e. The van der Waals surface area contributed by atoms with Gasteiger partial charge in [0.05, 0.1) is 18.1 Å². The first-order valence-corrected chi connectivity index (χ1v) is 12.9. The highest BCUT2D eigenvalue weighted by Gasteiger charge is 2.37. The summed E-state index contributed by atoms with van der Waals surface area (Å²) < 4.78 is 11.6. The molecule has 188 valence electrons. The summed E-state index contributed by atoms with van der Waals surface area (Å²) in [4.78, 5) is 41.7. The number of amides is 3. The van der Waals surface area contributed by atoms with E-state index in [1.54, 1.807) is 23.1 Å². The van der Waals surface area contributed by atoms with Crippen LogP contribution in [0.15, 0.2) is 54.0 Å². The molecule has 0 aliphatic carbocycles. The van der Waals surface area contributed by atoms with Crippen LogP contribution in [-0.4, -0.2) is 53.2 Å². The normalized spacial score (nSPS) is 16.3. The van der Waals surface area contributed by atoms with E-state index in [0.29, 0.717) is 49.8 Å². The predicted octanol–water partition coefficient (Wildman–Crippen LogP) is 4.83. The van der Waals surface area contributed by atoms with Crippen molar-refractivity contribution in [2.75, 3.05) is 26.3 Å². The first kappa shape index (κ1) is 25.6. The molecule has 2 aromatic rings. The Balaban J connectivity index is 1.52. The number of carbonyl (C=O) groups excluding carboxylic acids is 3. The maximum atomic E-state index is 13.1. The van der Waals surface area contributed by atoms with Crippen molar-refractivity contribution < 1.29 is 23.9 Å². The van der Waals surface area contributed by atoms with Crippen LogP contribution in [0.1, 0.15) is 36.1 Å². The summed E-state index contributed by atoms with van der Waals surface area (Å²) in [7, 11) is 0. The van der Waals surface area contributed by atoms with Crippen LogP contribution in [-0.2, 0) is 29.0 Å². The lowest BCUT2D eigenvalue weighted by atomic mass is 10.00. The van der Waals surface area contributed by atoms with E-state index in [1.807, 2.05) is 38.1 Å². The third-order valence-corrected chi connectivity index (χ3v) is 6.96. The highest BCUT2D eigenvalue weighted by atomic mass is 32.2. The summed E-state index contributed by atoms with van der Waals surface area (Å²) in [5.41, 5.74) is 3.92. The molecule has 2 aliphatic heterocycles. The lowest BCUT2D eigenvalue weighted by Gasteiger charge is -2.29. The lowest BCUT2D eigenvalue weighted by Crippen LogP contribution is -2.44. The molecule has 0 spiro atoms. The zero-order valence-electron chi connectivity index (χ0n) is 20.6. The molecule has 0 bridgehead atoms. The van der Waals surface area contributed by atoms with Gasteiger partial charge in [0.1, 0.15) is 6.54 Å². The number of hydrogen-bond donors (Lipinski definition) is 0. The summed E-state index contributed by atoms with van der Waals surface area (Å²) >= 11 is 0.842. The Kier molecular flexibility index (Phi) is 8.15. The van der Waals surface area contributed by atoms with Crippen molar-refractivity contribution >= 4 is 34.9 Å². The van der Waals surface area contributed by atoms with E-state index < -0.39 is 11.1 Å². The first-order valence-electron chi connectivity index (χ1n) is 12.1. The minimum absolute atomic E-state index is 0.235. The number of benzene rings is 2. The van der Waals surface area contributed by atoms with Crippen molar-refractivity contribution in [1.29, 1.82) is 0 Å². The molecule has 36 heavy (non-hydrogen) atoms. The van der Waals surface area contributed by atoms with Gasteiger partial charge in [-0.25, -0.2) is 0 Å². The molecule has 2 aromatic carbocycles. The average molecular weight is 507 g/mol. The highest BCUT2D eigenvalue weighted by Crippen LogP contribution is 2.37. The Labute approximate surface area is 215 Å². The number of carbonyl (C=O) groups is 3. The van der Waals surface area contributed by atoms with Crippen molar-refractivity contribution in [3.63, 3.8) is 0 Å². The average Bonchev–Trinajstić information content (AvgIpc) is 3.13. The summed E-state index contributed by atoms with van der Waals surface area (Å²) in [6.07, 6.45) is 4.76. The summed E-state index contributed by atoms with van der Waals surface area (Å²) in [6.45, 7) is 9.34. The van der Waals surface area contributed by atoms with Gasteiger partial charge in [-0.2, -0.15) is 0 Å². The van der Waals surface area contributed by atoms with Crippen molar-refractivity contribution in [3.8, 4) is 11.5 Å². The maximum absolute atomic E-state index is 13.1. The van der Waals surface area contributed by atoms with Crippen molar-refractivity contribution in [3.05, 3.63) is 76.2 Å². The van der Waals surface area contributed by atoms with Crippen LogP contribution in [0.4, 0.5) is 4.79 Å². The summed E-state index contributed by atoms with van der Waals surface area (Å²) in [5.74, 6) is 0.525. The van der Waals surface area contributed by atoms with E-state index >= 15 is 0 Å². The van der Waals surface area contributed by atoms with E-state index in [1.165, 1.54) is 5.56 Å². The van der Waals surface area contributed by atoms with Gasteiger partial charge >= 0.3 is 0 Å². The Morgan fingerprint density at radius 3 is 2.58 bits per heavy atom. The fraction of sp³-hybridized carbons (Fsp3) is 0.321. The second kappa shape index (κ2) is 11.5. The second-order valence-electron chi connectivity index (χ2n) is 8.47. The van der Waals surface area contributed by atoms with Gasteiger partial charge in [0.2, 0.25) is 5.91 Å². The predicted molar refractivity (Wildman–Crippen MR) is 141 cm³/mol. The molecule has 0 saturated carbocycles. The van der Waals surface area contributed by atoms with E-state index in [2.05, 4.69) is 12.6 Å². The van der Waals surface area contributed by atoms with Gasteiger partial charge in [-0.1, -0.05) is 30.3 Å². The van der Waals surface area contributed by atoms with Crippen LogP contribution in [0.5, 0.6) is 11.5 Å². The molecule has 0 N–H and O–H groups in total. The molecule has 0 radical (unpaired) electrons. The third-order valence-electron chi connectivity index (χ3n) is 6.05. The monoisotopic (exact) mass is 506 g/mol. The van der Waals surface area contributed by atoms with Crippen molar-refractivity contribution in [1.82, 2.24) is 9.80 Å². The standard InChI is InChI=1S/C28H30N2O5S/c1-4-9-21-14-19(15-23(34-5-2)26(21)35-6-3)16-24-27(32)30(28(33)36-24)18-25(31)29-13-12-20-10-7-8-11-22(20)17-29/h4,7-8,10-11,14-16H,1,5-6,9,12-13,17-18H2,2-3H3/b24-16+. The van der Waals surface area contributed by atoms with E-state index in [0.717, 1.165) is 34.2 Å². The summed E-state index contributed by atoms with van der Waals surface area (Å²) in [5, 5.41) is -0.445. The molecule has 1 saturated heterocycles. The SMILES string of the molecule is C=CCc1cc(/C=C2/SC(=O)N(CC(=O)N3CCc4ccccc4C3)C2=O)cc(OCC)c1OCC. The minimum atomic E-state index is -0.465. The number of imide groups is 1. The third kappa shape index (κ3) is 5.49. The number of thioether (sulfide) groups is 1. The van der Waals surface area contributed by atoms with Crippen LogP contribution in [0.2, 0.25) is 0 Å². The van der Waals surface area contributed by atoms with E-state index in [9.17, 15) is 14.4 Å². The molecular weight excluding hydrogens is 476 g/mol. The zero-order chi connectivity index (χ0) is 25.7. The van der Waals surface area contributed by atoms with Crippen LogP contribution in [0.3, 0.4) is 0 Å². The van der Waals surface area contributed by atoms with Gasteiger partial charge in [-0.15, -0.1) is 6.58 Å². The molecule has 1 fully saturated rings. The van der Waals surface area contributed by atoms with Crippen molar-refractivity contribution in [2.24, 2.45) is 0 Å². The first-order chi connectivity index (χ1) is 17.4. The van der Waals surface area contributed by atoms with Gasteiger partial charge in [0.25, 0.3) is 11.1 Å². The van der Waals surface area contributed by atoms with Crippen LogP contribution in [0, 0.1) is 0 Å². The lowest BCUT2D eigenvalue weighted by molar-refractivity contribution is -0.136. The molecular formula is C28H30N2O5S. The minimum Gasteiger partial charge on any atom is -0.490 e. The Bertz CT molecular complexity index is 1220. The molecule has 7 nitrogen and oxygen atoms in total. The molecule has 0 unspecified atom stereocenters. The zero-order valence-corrected chi connectivity index (χ0v) is 21.4. The number of fused-ring (bicyclic) bond motifs is 1. The molecule has 2 heterocycles. The topological polar surface area (TPSA) is 76.2 Å². The van der Waals surface area contributed by atoms with Crippen LogP contribution in [0.25, 0.3) is 6.08 Å². The van der Waals surface area contributed by atoms with Gasteiger partial charge in [0, 0.05) is 18.7 Å². The molecule has 3 amide bonds. The van der Waals surface area contributed by atoms with Gasteiger partial charge < -0.3 is 14.4 Å². The molecule has 4 rings (SSSR count). The van der Waals surface area contributed by atoms with Crippen LogP contribution < -0.4 is 9.47 Å². The van der Waals surface area contributed by atoms with Gasteiger partial charge in [-0.3, -0.25) is 19.3 Å². The number of hydrogen-bond acceptors (Lipinski definition) is 6. The van der Waals surface area contributed by atoms with Gasteiger partial charge in [0.15, 0.2) is 11.5 Å². The van der Waals surface area contributed by atoms with Crippen LogP contribution >= 0.6 is 11.8 Å². The highest BCUT2D eigenvalue weighted by molar-refractivity contribution is 8.18. The molecule has 0 atom stereocenters. The van der Waals surface area contributed by atoms with Crippen molar-refractivity contribution in [2.45, 2.75) is 33.2 Å². The number of ether oxygens (including phenoxy) is 2. The van der Waals surface area contributed by atoms with E-state index in [-0.39, 0.29) is 17.4 Å². The largest absolute Gasteiger partial charge is 0.490 e. The summed E-state index contributed by atoms with van der Waals surface area (Å²) in [6, 6.07) is 11.7. The molecule has 0 aromatic heterocycles. The second-order valence-corrected chi connectivity index (χ2v) is 9.46. The van der Waals surface area contributed by atoms with Gasteiger partial charge in [-0.05, 0) is 73.4 Å². The van der Waals surface area contributed by atoms with E-state index in [4.69, 9.17) is 9.47 Å². The maximum Gasteiger partial charge on any atom is 0.294 e. The quantitative estimate of drug-likeness (QED) is 0.358. The molecule has 8 heteroatoms. The number of rotatable bonds is 9. The fourth-order valence-electron chi connectivity index (χ4n) is 4.38. The Hall–Kier alpha value is -3.52.